The third kappa shape index (κ3) is 1.43. The number of nitrogens with two attached hydrogens (primary N) is 1. The molecule has 1 aromatic heterocycles. The van der Waals surface area contributed by atoms with Gasteiger partial charge in [-0.15, -0.1) is 11.3 Å². The molecule has 2 nitrogen and oxygen atoms in total. The van der Waals surface area contributed by atoms with Crippen molar-refractivity contribution in [3.63, 3.8) is 0 Å². The fourth-order valence-corrected chi connectivity index (χ4v) is 3.57. The van der Waals surface area contributed by atoms with Gasteiger partial charge in [-0.25, -0.2) is 0 Å². The molecule has 0 fully saturated rings. The third-order valence-electron chi connectivity index (χ3n) is 3.17. The van der Waals surface area contributed by atoms with Gasteiger partial charge in [-0.1, -0.05) is 0 Å². The average molecular weight is 231 g/mol. The van der Waals surface area contributed by atoms with Crippen molar-refractivity contribution in [2.45, 2.75) is 25.7 Å². The molecule has 82 valence electrons. The zero-order valence-electron chi connectivity index (χ0n) is 8.95. The zero-order chi connectivity index (χ0) is 11.1. The summed E-state index contributed by atoms with van der Waals surface area (Å²) >= 11 is 1.76. The van der Waals surface area contributed by atoms with E-state index in [2.05, 4.69) is 0 Å². The number of benzene rings is 1. The molecule has 0 saturated heterocycles. The molecule has 16 heavy (non-hydrogen) atoms. The number of rotatable bonds is 0. The molecular formula is C13H13NOS. The van der Waals surface area contributed by atoms with Crippen LogP contribution in [-0.2, 0) is 12.8 Å². The minimum atomic E-state index is 0.204. The molecule has 0 spiro atoms. The van der Waals surface area contributed by atoms with Crippen molar-refractivity contribution in [2.75, 3.05) is 5.73 Å². The topological polar surface area (TPSA) is 43.1 Å². The number of anilines is 1. The lowest BCUT2D eigenvalue weighted by Gasteiger charge is -2.14. The Morgan fingerprint density at radius 1 is 1.19 bits per heavy atom. The summed E-state index contributed by atoms with van der Waals surface area (Å²) in [5.41, 5.74) is 7.65. The summed E-state index contributed by atoms with van der Waals surface area (Å²) in [7, 11) is 0. The molecule has 0 amide bonds. The minimum absolute atomic E-state index is 0.204. The molecule has 0 aliphatic heterocycles. The smallest absolute Gasteiger partial charge is 0.191 e. The molecule has 0 radical (unpaired) electrons. The summed E-state index contributed by atoms with van der Waals surface area (Å²) in [6.07, 6.45) is 4.36. The van der Waals surface area contributed by atoms with E-state index in [4.69, 9.17) is 5.73 Å². The van der Waals surface area contributed by atoms with Crippen molar-refractivity contribution < 1.29 is 0 Å². The molecule has 0 bridgehead atoms. The maximum absolute atomic E-state index is 12.3. The fourth-order valence-electron chi connectivity index (χ4n) is 2.34. The maximum atomic E-state index is 12.3. The molecule has 0 saturated carbocycles. The van der Waals surface area contributed by atoms with Crippen LogP contribution in [0.15, 0.2) is 23.0 Å². The van der Waals surface area contributed by atoms with E-state index in [0.29, 0.717) is 5.69 Å². The van der Waals surface area contributed by atoms with Crippen molar-refractivity contribution in [1.29, 1.82) is 0 Å². The maximum Gasteiger partial charge on any atom is 0.191 e. The minimum Gasteiger partial charge on any atom is -0.399 e. The van der Waals surface area contributed by atoms with Crippen molar-refractivity contribution in [3.05, 3.63) is 38.9 Å². The van der Waals surface area contributed by atoms with Crippen LogP contribution in [-0.4, -0.2) is 0 Å². The number of aryl methyl sites for hydroxylation is 1. The monoisotopic (exact) mass is 231 g/mol. The van der Waals surface area contributed by atoms with Gasteiger partial charge in [-0.05, 0) is 43.9 Å². The van der Waals surface area contributed by atoms with Gasteiger partial charge < -0.3 is 5.73 Å². The van der Waals surface area contributed by atoms with E-state index < -0.39 is 0 Å². The summed E-state index contributed by atoms with van der Waals surface area (Å²) in [6.45, 7) is 0. The molecular weight excluding hydrogens is 218 g/mol. The molecule has 1 heterocycles. The third-order valence-corrected chi connectivity index (χ3v) is 4.45. The van der Waals surface area contributed by atoms with Crippen LogP contribution in [0.3, 0.4) is 0 Å². The Hall–Kier alpha value is -1.35. The first-order valence-electron chi connectivity index (χ1n) is 5.60. The van der Waals surface area contributed by atoms with Crippen molar-refractivity contribution in [3.8, 4) is 0 Å². The van der Waals surface area contributed by atoms with Crippen LogP contribution in [0.1, 0.15) is 23.3 Å². The lowest BCUT2D eigenvalue weighted by Crippen LogP contribution is -2.15. The molecule has 0 unspecified atom stereocenters. The number of hydrogen-bond donors (Lipinski definition) is 1. The van der Waals surface area contributed by atoms with E-state index in [1.165, 1.54) is 11.3 Å². The van der Waals surface area contributed by atoms with Gasteiger partial charge >= 0.3 is 0 Å². The van der Waals surface area contributed by atoms with E-state index in [9.17, 15) is 4.79 Å². The van der Waals surface area contributed by atoms with Gasteiger partial charge in [0.1, 0.15) is 0 Å². The Labute approximate surface area is 97.7 Å². The molecule has 1 aliphatic carbocycles. The highest BCUT2D eigenvalue weighted by Gasteiger charge is 2.15. The van der Waals surface area contributed by atoms with E-state index in [-0.39, 0.29) is 5.43 Å². The summed E-state index contributed by atoms with van der Waals surface area (Å²) < 4.78 is 1.07. The van der Waals surface area contributed by atoms with Gasteiger partial charge in [-0.2, -0.15) is 0 Å². The van der Waals surface area contributed by atoms with Crippen LogP contribution < -0.4 is 11.2 Å². The van der Waals surface area contributed by atoms with E-state index in [0.717, 1.165) is 34.9 Å². The van der Waals surface area contributed by atoms with E-state index in [1.54, 1.807) is 11.3 Å². The van der Waals surface area contributed by atoms with Crippen LogP contribution >= 0.6 is 11.3 Å². The molecule has 3 heteroatoms. The second kappa shape index (κ2) is 3.59. The predicted molar refractivity (Wildman–Crippen MR) is 69.1 cm³/mol. The van der Waals surface area contributed by atoms with Crippen LogP contribution in [0.2, 0.25) is 0 Å². The molecule has 2 N–H and O–H groups in total. The quantitative estimate of drug-likeness (QED) is 0.708. The second-order valence-electron chi connectivity index (χ2n) is 4.30. The summed E-state index contributed by atoms with van der Waals surface area (Å²) in [6, 6.07) is 5.64. The lowest BCUT2D eigenvalue weighted by atomic mass is 9.97. The lowest BCUT2D eigenvalue weighted by molar-refractivity contribution is 0.692. The molecule has 1 aromatic carbocycles. The predicted octanol–water partition coefficient (Wildman–Crippen LogP) is 2.72. The van der Waals surface area contributed by atoms with Gasteiger partial charge in [0, 0.05) is 26.2 Å². The Balaban J connectivity index is 2.40. The first-order valence-corrected chi connectivity index (χ1v) is 6.41. The van der Waals surface area contributed by atoms with Crippen molar-refractivity contribution in [2.24, 2.45) is 0 Å². The Kier molecular flexibility index (Phi) is 2.21. The first-order chi connectivity index (χ1) is 7.75. The number of fused-ring (bicyclic) bond motifs is 2. The summed E-state index contributed by atoms with van der Waals surface area (Å²) in [5.74, 6) is 0. The molecule has 0 atom stereocenters. The highest BCUT2D eigenvalue weighted by Crippen LogP contribution is 2.28. The highest BCUT2D eigenvalue weighted by molar-refractivity contribution is 7.18. The van der Waals surface area contributed by atoms with Crippen molar-refractivity contribution >= 4 is 27.1 Å². The van der Waals surface area contributed by atoms with Crippen LogP contribution in [0.25, 0.3) is 10.1 Å². The fraction of sp³-hybridized carbons (Fsp3) is 0.308. The van der Waals surface area contributed by atoms with E-state index in [1.807, 2.05) is 18.2 Å². The standard InChI is InChI=1S/C13H13NOS/c14-8-5-6-12-10(7-8)13(15)9-3-1-2-4-11(9)16-12/h5-7H,1-4,14H2. The summed E-state index contributed by atoms with van der Waals surface area (Å²) in [4.78, 5) is 13.6. The SMILES string of the molecule is Nc1ccc2sc3c(c(=O)c2c1)CCCC3. The number of hydrogen-bond acceptors (Lipinski definition) is 3. The first kappa shape index (κ1) is 9.85. The van der Waals surface area contributed by atoms with Crippen LogP contribution in [0.5, 0.6) is 0 Å². The van der Waals surface area contributed by atoms with Crippen LogP contribution in [0.4, 0.5) is 5.69 Å². The van der Waals surface area contributed by atoms with Crippen molar-refractivity contribution in [1.82, 2.24) is 0 Å². The Morgan fingerprint density at radius 3 is 2.88 bits per heavy atom. The number of nitrogen functional groups attached to an aromatic ring is 1. The Morgan fingerprint density at radius 2 is 2.00 bits per heavy atom. The van der Waals surface area contributed by atoms with Gasteiger partial charge in [0.15, 0.2) is 5.43 Å². The average Bonchev–Trinajstić information content (AvgIpc) is 2.31. The second-order valence-corrected chi connectivity index (χ2v) is 5.43. The van der Waals surface area contributed by atoms with Gasteiger partial charge in [-0.3, -0.25) is 4.79 Å². The van der Waals surface area contributed by atoms with Gasteiger partial charge in [0.05, 0.1) is 0 Å². The molecule has 2 aromatic rings. The summed E-state index contributed by atoms with van der Waals surface area (Å²) in [5, 5.41) is 0.797. The van der Waals surface area contributed by atoms with Gasteiger partial charge in [0.25, 0.3) is 0 Å². The molecule has 1 aliphatic rings. The largest absolute Gasteiger partial charge is 0.399 e. The highest BCUT2D eigenvalue weighted by atomic mass is 32.1. The zero-order valence-corrected chi connectivity index (χ0v) is 9.77. The van der Waals surface area contributed by atoms with Gasteiger partial charge in [0.2, 0.25) is 0 Å². The Bertz CT molecular complexity index is 615. The normalized spacial score (nSPS) is 15.0. The van der Waals surface area contributed by atoms with E-state index >= 15 is 0 Å². The molecule has 3 rings (SSSR count). The van der Waals surface area contributed by atoms with Crippen LogP contribution in [0, 0.1) is 0 Å².